The second-order valence-electron chi connectivity index (χ2n) is 4.30. The van der Waals surface area contributed by atoms with Crippen LogP contribution in [0.5, 0.6) is 0 Å². The predicted molar refractivity (Wildman–Crippen MR) is 69.2 cm³/mol. The summed E-state index contributed by atoms with van der Waals surface area (Å²) < 4.78 is 0. The minimum Gasteiger partial charge on any atom is -0.337 e. The molecule has 1 fully saturated rings. The van der Waals surface area contributed by atoms with E-state index < -0.39 is 0 Å². The summed E-state index contributed by atoms with van der Waals surface area (Å²) >= 11 is 5.91. The third-order valence-electron chi connectivity index (χ3n) is 3.11. The Balaban J connectivity index is 1.99. The van der Waals surface area contributed by atoms with Gasteiger partial charge in [0.2, 0.25) is 5.91 Å². The molecule has 0 saturated carbocycles. The van der Waals surface area contributed by atoms with Crippen LogP contribution in [0.4, 0.5) is 0 Å². The van der Waals surface area contributed by atoms with Crippen LogP contribution in [0.25, 0.3) is 0 Å². The molecule has 2 rings (SSSR count). The highest BCUT2D eigenvalue weighted by atomic mass is 35.5. The van der Waals surface area contributed by atoms with E-state index in [4.69, 9.17) is 11.6 Å². The van der Waals surface area contributed by atoms with Gasteiger partial charge in [-0.2, -0.15) is 0 Å². The molecule has 1 aromatic carbocycles. The standard InChI is InChI=1S/C13H17ClN2O/c1-2-16(12-8-15-9-12)13(17)7-10-4-3-5-11(14)6-10/h3-6,12,15H,2,7-9H2,1H3. The summed E-state index contributed by atoms with van der Waals surface area (Å²) in [4.78, 5) is 14.1. The van der Waals surface area contributed by atoms with Crippen LogP contribution in [0.2, 0.25) is 5.02 Å². The molecule has 1 aliphatic heterocycles. The summed E-state index contributed by atoms with van der Waals surface area (Å²) in [6.07, 6.45) is 0.435. The maximum absolute atomic E-state index is 12.1. The lowest BCUT2D eigenvalue weighted by Crippen LogP contribution is -2.59. The van der Waals surface area contributed by atoms with Crippen molar-refractivity contribution >= 4 is 17.5 Å². The van der Waals surface area contributed by atoms with Gasteiger partial charge in [-0.3, -0.25) is 4.79 Å². The zero-order valence-electron chi connectivity index (χ0n) is 9.95. The Morgan fingerprint density at radius 2 is 2.29 bits per heavy atom. The van der Waals surface area contributed by atoms with Crippen molar-refractivity contribution in [3.8, 4) is 0 Å². The normalized spacial score (nSPS) is 15.4. The van der Waals surface area contributed by atoms with Gasteiger partial charge in [0.15, 0.2) is 0 Å². The van der Waals surface area contributed by atoms with E-state index >= 15 is 0 Å². The second kappa shape index (κ2) is 5.52. The quantitative estimate of drug-likeness (QED) is 0.885. The fraction of sp³-hybridized carbons (Fsp3) is 0.462. The predicted octanol–water partition coefficient (Wildman–Crippen LogP) is 1.70. The van der Waals surface area contributed by atoms with E-state index in [1.165, 1.54) is 0 Å². The largest absolute Gasteiger partial charge is 0.337 e. The Morgan fingerprint density at radius 1 is 1.53 bits per heavy atom. The average molecular weight is 253 g/mol. The minimum atomic E-state index is 0.182. The first-order valence-electron chi connectivity index (χ1n) is 5.95. The van der Waals surface area contributed by atoms with Crippen molar-refractivity contribution in [3.05, 3.63) is 34.9 Å². The Morgan fingerprint density at radius 3 is 2.82 bits per heavy atom. The molecule has 3 nitrogen and oxygen atoms in total. The third kappa shape index (κ3) is 2.99. The zero-order chi connectivity index (χ0) is 12.3. The molecule has 92 valence electrons. The average Bonchev–Trinajstić information content (AvgIpc) is 2.22. The maximum Gasteiger partial charge on any atom is 0.227 e. The number of carbonyl (C=O) groups is 1. The summed E-state index contributed by atoms with van der Waals surface area (Å²) in [5.74, 6) is 0.182. The number of nitrogens with one attached hydrogen (secondary N) is 1. The van der Waals surface area contributed by atoms with Gasteiger partial charge in [0.1, 0.15) is 0 Å². The summed E-state index contributed by atoms with van der Waals surface area (Å²) in [5, 5.41) is 3.87. The molecule has 1 amide bonds. The number of benzene rings is 1. The molecule has 0 radical (unpaired) electrons. The van der Waals surface area contributed by atoms with E-state index in [0.717, 1.165) is 25.2 Å². The summed E-state index contributed by atoms with van der Waals surface area (Å²) in [6, 6.07) is 7.87. The minimum absolute atomic E-state index is 0.182. The van der Waals surface area contributed by atoms with Crippen LogP contribution < -0.4 is 5.32 Å². The lowest BCUT2D eigenvalue weighted by atomic mass is 10.1. The fourth-order valence-electron chi connectivity index (χ4n) is 2.06. The summed E-state index contributed by atoms with van der Waals surface area (Å²) in [6.45, 7) is 4.62. The van der Waals surface area contributed by atoms with Gasteiger partial charge in [0.25, 0.3) is 0 Å². The van der Waals surface area contributed by atoms with Crippen molar-refractivity contribution in [2.24, 2.45) is 0 Å². The van der Waals surface area contributed by atoms with Gasteiger partial charge in [-0.15, -0.1) is 0 Å². The first kappa shape index (κ1) is 12.4. The zero-order valence-corrected chi connectivity index (χ0v) is 10.7. The molecule has 0 spiro atoms. The van der Waals surface area contributed by atoms with Crippen LogP contribution in [0.15, 0.2) is 24.3 Å². The Hall–Kier alpha value is -1.06. The van der Waals surface area contributed by atoms with Gasteiger partial charge < -0.3 is 10.2 Å². The van der Waals surface area contributed by atoms with Crippen molar-refractivity contribution in [2.45, 2.75) is 19.4 Å². The molecular weight excluding hydrogens is 236 g/mol. The number of nitrogens with zero attached hydrogens (tertiary/aromatic N) is 1. The van der Waals surface area contributed by atoms with Crippen molar-refractivity contribution in [1.29, 1.82) is 0 Å². The van der Waals surface area contributed by atoms with Gasteiger partial charge >= 0.3 is 0 Å². The van der Waals surface area contributed by atoms with Crippen LogP contribution in [-0.4, -0.2) is 36.5 Å². The van der Waals surface area contributed by atoms with E-state index in [0.29, 0.717) is 17.5 Å². The van der Waals surface area contributed by atoms with E-state index in [1.807, 2.05) is 36.1 Å². The van der Waals surface area contributed by atoms with Crippen molar-refractivity contribution in [1.82, 2.24) is 10.2 Å². The van der Waals surface area contributed by atoms with Crippen molar-refractivity contribution < 1.29 is 4.79 Å². The highest BCUT2D eigenvalue weighted by Gasteiger charge is 2.26. The van der Waals surface area contributed by atoms with Crippen LogP contribution in [0, 0.1) is 0 Å². The van der Waals surface area contributed by atoms with E-state index in [9.17, 15) is 4.79 Å². The number of amides is 1. The molecule has 1 heterocycles. The van der Waals surface area contributed by atoms with Gasteiger partial charge in [-0.25, -0.2) is 0 Å². The monoisotopic (exact) mass is 252 g/mol. The van der Waals surface area contributed by atoms with E-state index in [2.05, 4.69) is 5.32 Å². The summed E-state index contributed by atoms with van der Waals surface area (Å²) in [7, 11) is 0. The van der Waals surface area contributed by atoms with E-state index in [1.54, 1.807) is 0 Å². The highest BCUT2D eigenvalue weighted by Crippen LogP contribution is 2.13. The first-order chi connectivity index (χ1) is 8.20. The SMILES string of the molecule is CCN(C(=O)Cc1cccc(Cl)c1)C1CNC1. The van der Waals surface area contributed by atoms with E-state index in [-0.39, 0.29) is 5.91 Å². The smallest absolute Gasteiger partial charge is 0.227 e. The van der Waals surface area contributed by atoms with Crippen LogP contribution in [0.3, 0.4) is 0 Å². The Labute approximate surface area is 107 Å². The highest BCUT2D eigenvalue weighted by molar-refractivity contribution is 6.30. The number of halogens is 1. The van der Waals surface area contributed by atoms with Gasteiger partial charge in [0.05, 0.1) is 12.5 Å². The van der Waals surface area contributed by atoms with Crippen LogP contribution in [0.1, 0.15) is 12.5 Å². The molecule has 1 aromatic rings. The van der Waals surface area contributed by atoms with Gasteiger partial charge in [-0.05, 0) is 24.6 Å². The second-order valence-corrected chi connectivity index (χ2v) is 4.73. The molecule has 4 heteroatoms. The Bertz CT molecular complexity index is 404. The topological polar surface area (TPSA) is 32.3 Å². The number of hydrogen-bond acceptors (Lipinski definition) is 2. The molecule has 0 atom stereocenters. The number of carbonyl (C=O) groups excluding carboxylic acids is 1. The molecular formula is C13H17ClN2O. The molecule has 0 aliphatic carbocycles. The van der Waals surface area contributed by atoms with Crippen LogP contribution >= 0.6 is 11.6 Å². The van der Waals surface area contributed by atoms with Crippen molar-refractivity contribution in [3.63, 3.8) is 0 Å². The van der Waals surface area contributed by atoms with Gasteiger partial charge in [-0.1, -0.05) is 23.7 Å². The van der Waals surface area contributed by atoms with Crippen molar-refractivity contribution in [2.75, 3.05) is 19.6 Å². The lowest BCUT2D eigenvalue weighted by Gasteiger charge is -2.37. The Kier molecular flexibility index (Phi) is 4.02. The summed E-state index contributed by atoms with van der Waals surface area (Å²) in [5.41, 5.74) is 0.980. The maximum atomic E-state index is 12.1. The first-order valence-corrected chi connectivity index (χ1v) is 6.33. The van der Waals surface area contributed by atoms with Crippen LogP contribution in [-0.2, 0) is 11.2 Å². The molecule has 0 bridgehead atoms. The molecule has 17 heavy (non-hydrogen) atoms. The number of hydrogen-bond donors (Lipinski definition) is 1. The lowest BCUT2D eigenvalue weighted by molar-refractivity contribution is -0.133. The molecule has 1 saturated heterocycles. The fourth-order valence-corrected chi connectivity index (χ4v) is 2.27. The molecule has 0 aromatic heterocycles. The van der Waals surface area contributed by atoms with Gasteiger partial charge in [0, 0.05) is 24.7 Å². The molecule has 1 aliphatic rings. The molecule has 1 N–H and O–H groups in total. The molecule has 0 unspecified atom stereocenters. The number of likely N-dealkylation sites (N-methyl/N-ethyl adjacent to an activating group) is 1. The number of rotatable bonds is 4. The third-order valence-corrected chi connectivity index (χ3v) is 3.34.